The van der Waals surface area contributed by atoms with Crippen LogP contribution in [0.15, 0.2) is 48.7 Å². The zero-order valence-corrected chi connectivity index (χ0v) is 22.8. The summed E-state index contributed by atoms with van der Waals surface area (Å²) >= 11 is 0. The quantitative estimate of drug-likeness (QED) is 0.481. The number of halogens is 3. The summed E-state index contributed by atoms with van der Waals surface area (Å²) in [7, 11) is 2.13. The Bertz CT molecular complexity index is 1480. The highest BCUT2D eigenvalue weighted by molar-refractivity contribution is 5.95. The molecule has 2 saturated heterocycles. The van der Waals surface area contributed by atoms with E-state index < -0.39 is 24.9 Å². The minimum atomic E-state index is -4.34. The third-order valence-corrected chi connectivity index (χ3v) is 8.39. The van der Waals surface area contributed by atoms with Crippen molar-refractivity contribution in [3.05, 3.63) is 59.8 Å². The largest absolute Gasteiger partial charge is 0.389 e. The molecule has 2 fully saturated rings. The lowest BCUT2D eigenvalue weighted by Gasteiger charge is -2.27. The van der Waals surface area contributed by atoms with Gasteiger partial charge in [-0.15, -0.1) is 5.10 Å². The Morgan fingerprint density at radius 1 is 1.07 bits per heavy atom. The number of fused-ring (bicyclic) bond motifs is 2. The van der Waals surface area contributed by atoms with Crippen molar-refractivity contribution in [2.45, 2.75) is 37.9 Å². The summed E-state index contributed by atoms with van der Waals surface area (Å²) in [5.74, 6) is 0.515. The monoisotopic (exact) mass is 567 g/mol. The van der Waals surface area contributed by atoms with Crippen LogP contribution in [0.3, 0.4) is 0 Å². The zero-order chi connectivity index (χ0) is 28.7. The molecule has 0 radical (unpaired) electrons. The molecule has 3 aromatic rings. The van der Waals surface area contributed by atoms with E-state index >= 15 is 0 Å². The standard InChI is InChI=1S/C29H32F3N7O2/c1-36-14-9-21-17-38(18-24(21)36)27(41)20-4-6-22(7-5-20)33-28-34-26-23(3-2-13-39(26)35-28)19-10-15-37(16-11-19)25(40)8-12-29(30,31)32/h2-7,10,13,21,24H,8-9,11-12,14-18H2,1H3,(H,33,35)/t21-,24+/m0/s1. The average Bonchev–Trinajstić information content (AvgIpc) is 3.67. The normalized spacial score (nSPS) is 21.3. The van der Waals surface area contributed by atoms with Crippen molar-refractivity contribution in [3.63, 3.8) is 0 Å². The highest BCUT2D eigenvalue weighted by Crippen LogP contribution is 2.31. The fourth-order valence-electron chi connectivity index (χ4n) is 6.10. The maximum atomic E-state index is 13.1. The minimum Gasteiger partial charge on any atom is -0.339 e. The lowest BCUT2D eigenvalue weighted by atomic mass is 10.00. The number of rotatable bonds is 6. The van der Waals surface area contributed by atoms with E-state index in [1.807, 2.05) is 47.4 Å². The molecule has 3 aliphatic heterocycles. The summed E-state index contributed by atoms with van der Waals surface area (Å²) in [6, 6.07) is 11.6. The van der Waals surface area contributed by atoms with Crippen LogP contribution in [0.2, 0.25) is 0 Å². The molecule has 2 atom stereocenters. The molecule has 9 nitrogen and oxygen atoms in total. The SMILES string of the molecule is CN1CC[C@H]2CN(C(=O)c3ccc(Nc4nc5c(C6=CCN(C(=O)CCC(F)(F)F)CC6)cccn5n4)cc3)C[C@H]21. The van der Waals surface area contributed by atoms with Gasteiger partial charge in [-0.25, -0.2) is 4.52 Å². The molecule has 216 valence electrons. The van der Waals surface area contributed by atoms with Crippen LogP contribution in [0.25, 0.3) is 11.2 Å². The number of hydrogen-bond acceptors (Lipinski definition) is 6. The smallest absolute Gasteiger partial charge is 0.339 e. The van der Waals surface area contributed by atoms with E-state index in [1.165, 1.54) is 4.90 Å². The van der Waals surface area contributed by atoms with Crippen molar-refractivity contribution in [3.8, 4) is 0 Å². The first-order chi connectivity index (χ1) is 19.6. The Morgan fingerprint density at radius 2 is 1.88 bits per heavy atom. The van der Waals surface area contributed by atoms with Crippen LogP contribution >= 0.6 is 0 Å². The molecular formula is C29H32F3N7O2. The molecule has 2 aromatic heterocycles. The first kappa shape index (κ1) is 27.3. The van der Waals surface area contributed by atoms with Crippen LogP contribution in [0.4, 0.5) is 24.8 Å². The van der Waals surface area contributed by atoms with Gasteiger partial charge in [-0.1, -0.05) is 6.08 Å². The molecule has 0 aliphatic carbocycles. The molecule has 5 heterocycles. The fourth-order valence-corrected chi connectivity index (χ4v) is 6.10. The molecule has 0 saturated carbocycles. The third kappa shape index (κ3) is 5.79. The molecule has 0 unspecified atom stereocenters. The second-order valence-electron chi connectivity index (χ2n) is 11.1. The van der Waals surface area contributed by atoms with Crippen molar-refractivity contribution in [1.29, 1.82) is 0 Å². The molecular weight excluding hydrogens is 535 g/mol. The van der Waals surface area contributed by atoms with Gasteiger partial charge in [0.05, 0.1) is 6.42 Å². The molecule has 0 bridgehead atoms. The van der Waals surface area contributed by atoms with E-state index in [0.717, 1.165) is 42.9 Å². The highest BCUT2D eigenvalue weighted by atomic mass is 19.4. The number of amides is 2. The molecule has 41 heavy (non-hydrogen) atoms. The van der Waals surface area contributed by atoms with E-state index in [-0.39, 0.29) is 12.5 Å². The Kier molecular flexibility index (Phi) is 7.18. The van der Waals surface area contributed by atoms with Crippen LogP contribution in [-0.2, 0) is 4.79 Å². The van der Waals surface area contributed by atoms with Crippen LogP contribution < -0.4 is 5.32 Å². The number of pyridine rings is 1. The molecule has 3 aliphatic rings. The molecule has 0 spiro atoms. The van der Waals surface area contributed by atoms with Crippen LogP contribution in [-0.4, -0.2) is 93.1 Å². The molecule has 1 aromatic carbocycles. The third-order valence-electron chi connectivity index (χ3n) is 8.39. The van der Waals surface area contributed by atoms with Crippen LogP contribution in [0.5, 0.6) is 0 Å². The number of likely N-dealkylation sites (N-methyl/N-ethyl adjacent to an activating group) is 1. The maximum absolute atomic E-state index is 13.1. The van der Waals surface area contributed by atoms with Crippen molar-refractivity contribution >= 4 is 34.7 Å². The lowest BCUT2D eigenvalue weighted by Crippen LogP contribution is -2.35. The van der Waals surface area contributed by atoms with Crippen molar-refractivity contribution in [2.75, 3.05) is 45.1 Å². The predicted molar refractivity (Wildman–Crippen MR) is 148 cm³/mol. The summed E-state index contributed by atoms with van der Waals surface area (Å²) in [6.45, 7) is 3.29. The highest BCUT2D eigenvalue weighted by Gasteiger charge is 2.41. The summed E-state index contributed by atoms with van der Waals surface area (Å²) < 4.78 is 39.1. The number of carbonyl (C=O) groups is 2. The van der Waals surface area contributed by atoms with E-state index in [1.54, 1.807) is 10.7 Å². The number of likely N-dealkylation sites (tertiary alicyclic amines) is 2. The molecule has 6 rings (SSSR count). The summed E-state index contributed by atoms with van der Waals surface area (Å²) in [5, 5.41) is 7.74. The lowest BCUT2D eigenvalue weighted by molar-refractivity contribution is -0.148. The number of carbonyl (C=O) groups excluding carboxylic acids is 2. The second-order valence-corrected chi connectivity index (χ2v) is 11.1. The molecule has 1 N–H and O–H groups in total. The first-order valence-corrected chi connectivity index (χ1v) is 13.9. The Morgan fingerprint density at radius 3 is 2.59 bits per heavy atom. The van der Waals surface area contributed by atoms with Gasteiger partial charge in [-0.3, -0.25) is 9.59 Å². The number of nitrogens with zero attached hydrogens (tertiary/aromatic N) is 6. The van der Waals surface area contributed by atoms with Gasteiger partial charge < -0.3 is 20.0 Å². The number of benzene rings is 1. The Balaban J connectivity index is 1.10. The second kappa shape index (κ2) is 10.8. The molecule has 2 amide bonds. The van der Waals surface area contributed by atoms with E-state index in [2.05, 4.69) is 27.3 Å². The molecule has 12 heteroatoms. The predicted octanol–water partition coefficient (Wildman–Crippen LogP) is 4.21. The van der Waals surface area contributed by atoms with Crippen molar-refractivity contribution in [1.82, 2.24) is 29.3 Å². The van der Waals surface area contributed by atoms with Gasteiger partial charge in [0.2, 0.25) is 11.9 Å². The van der Waals surface area contributed by atoms with Crippen molar-refractivity contribution in [2.24, 2.45) is 5.92 Å². The van der Waals surface area contributed by atoms with Crippen LogP contribution in [0, 0.1) is 5.92 Å². The summed E-state index contributed by atoms with van der Waals surface area (Å²) in [5.41, 5.74) is 3.86. The summed E-state index contributed by atoms with van der Waals surface area (Å²) in [4.78, 5) is 35.7. The van der Waals surface area contributed by atoms with Gasteiger partial charge >= 0.3 is 6.18 Å². The van der Waals surface area contributed by atoms with Gasteiger partial charge in [0, 0.05) is 61.7 Å². The first-order valence-electron chi connectivity index (χ1n) is 13.9. The Labute approximate surface area is 235 Å². The van der Waals surface area contributed by atoms with Gasteiger partial charge in [-0.2, -0.15) is 18.2 Å². The number of anilines is 2. The summed E-state index contributed by atoms with van der Waals surface area (Å²) in [6.07, 6.45) is -0.673. The number of hydrogen-bond donors (Lipinski definition) is 1. The Hall–Kier alpha value is -3.93. The van der Waals surface area contributed by atoms with Gasteiger partial charge in [0.15, 0.2) is 5.65 Å². The topological polar surface area (TPSA) is 86.1 Å². The van der Waals surface area contributed by atoms with E-state index in [4.69, 9.17) is 0 Å². The average molecular weight is 568 g/mol. The number of nitrogens with one attached hydrogen (secondary N) is 1. The van der Waals surface area contributed by atoms with Gasteiger partial charge in [0.1, 0.15) is 0 Å². The van der Waals surface area contributed by atoms with Gasteiger partial charge in [0.25, 0.3) is 5.91 Å². The van der Waals surface area contributed by atoms with Crippen molar-refractivity contribution < 1.29 is 22.8 Å². The van der Waals surface area contributed by atoms with Gasteiger partial charge in [-0.05, 0) is 74.3 Å². The maximum Gasteiger partial charge on any atom is 0.389 e. The van der Waals surface area contributed by atoms with E-state index in [9.17, 15) is 22.8 Å². The fraction of sp³-hybridized carbons (Fsp3) is 0.448. The minimum absolute atomic E-state index is 0.0521. The van der Waals surface area contributed by atoms with Crippen LogP contribution in [0.1, 0.15) is 41.6 Å². The van der Waals surface area contributed by atoms with E-state index in [0.29, 0.717) is 42.1 Å². The number of aromatic nitrogens is 3. The zero-order valence-electron chi connectivity index (χ0n) is 22.8. The number of alkyl halides is 3.